The van der Waals surface area contributed by atoms with Gasteiger partial charge in [-0.2, -0.15) is 24.0 Å². The van der Waals surface area contributed by atoms with Gasteiger partial charge in [0.1, 0.15) is 0 Å². The van der Waals surface area contributed by atoms with Crippen LogP contribution < -0.4 is 10.1 Å². The van der Waals surface area contributed by atoms with E-state index >= 15 is 0 Å². The van der Waals surface area contributed by atoms with Gasteiger partial charge >= 0.3 is 6.01 Å². The molecule has 1 heterocycles. The first-order valence-electron chi connectivity index (χ1n) is 6.53. The fourth-order valence-electron chi connectivity index (χ4n) is 1.52. The van der Waals surface area contributed by atoms with Crippen molar-refractivity contribution in [1.82, 2.24) is 15.3 Å². The first kappa shape index (κ1) is 20.5. The second-order valence-corrected chi connectivity index (χ2v) is 4.88. The molecule has 0 aliphatic heterocycles. The van der Waals surface area contributed by atoms with Crippen molar-refractivity contribution < 1.29 is 19.4 Å². The smallest absolute Gasteiger partial charge is 0.316 e. The number of rotatable bonds is 5. The number of amides is 1. The number of benzene rings is 1. The number of carbonyl (C=O) groups excluding carboxylic acids is 1. The summed E-state index contributed by atoms with van der Waals surface area (Å²) in [7, 11) is 2.87. The number of nitrogens with zero attached hydrogens (tertiary/aromatic N) is 2. The molecule has 1 amide bonds. The van der Waals surface area contributed by atoms with Gasteiger partial charge in [0.15, 0.2) is 0 Å². The number of aromatic nitrogens is 2. The molecule has 2 aromatic rings. The molecule has 0 spiro atoms. The summed E-state index contributed by atoms with van der Waals surface area (Å²) in [6.45, 7) is 2.04. The van der Waals surface area contributed by atoms with E-state index in [1.165, 1.54) is 25.2 Å². The van der Waals surface area contributed by atoms with Crippen molar-refractivity contribution in [3.05, 3.63) is 42.0 Å². The number of aliphatic hydroxyl groups is 1. The van der Waals surface area contributed by atoms with Crippen LogP contribution >= 0.6 is 12.6 Å². The van der Waals surface area contributed by atoms with Gasteiger partial charge in [-0.3, -0.25) is 0 Å². The molecular formula is C15H18FmN3O4S-. The molecular weight excluding hydrogens is 575 g/mol. The van der Waals surface area contributed by atoms with Crippen LogP contribution in [0.25, 0.3) is 10.9 Å². The molecule has 2 N–H and O–H groups in total. The maximum atomic E-state index is 9.65. The summed E-state index contributed by atoms with van der Waals surface area (Å²) < 4.78 is 9.31. The number of nitrogens with one attached hydrogen (secondary N) is 1. The number of aliphatic hydroxyl groups excluding tert-OH is 1. The largest absolute Gasteiger partial charge is 0.520 e. The maximum absolute atomic E-state index is 9.65. The molecule has 24 heavy (non-hydrogen) atoms. The van der Waals surface area contributed by atoms with Crippen molar-refractivity contribution in [3.8, 4) is 6.01 Å². The van der Waals surface area contributed by atoms with Gasteiger partial charge in [0.2, 0.25) is 0 Å². The van der Waals surface area contributed by atoms with Gasteiger partial charge < -0.3 is 24.7 Å². The van der Waals surface area contributed by atoms with Gasteiger partial charge in [0.25, 0.3) is 5.95 Å². The first-order valence-corrected chi connectivity index (χ1v) is 7.04. The van der Waals surface area contributed by atoms with Crippen molar-refractivity contribution in [2.75, 3.05) is 14.2 Å². The van der Waals surface area contributed by atoms with Crippen LogP contribution in [0, 0.1) is 6.92 Å². The Balaban J connectivity index is 0.000000441. The van der Waals surface area contributed by atoms with E-state index in [-0.39, 0.29) is 5.95 Å². The molecule has 1 atom stereocenters. The third-order valence-corrected chi connectivity index (χ3v) is 2.89. The predicted octanol–water partition coefficient (Wildman–Crippen LogP) is 1.89. The summed E-state index contributed by atoms with van der Waals surface area (Å²) in [6, 6.07) is 6.47. The number of hydrogen-bond donors (Lipinski definition) is 3. The Morgan fingerprint density at radius 1 is 1.46 bits per heavy atom. The van der Waals surface area contributed by atoms with Gasteiger partial charge in [0.05, 0.1) is 25.1 Å². The Morgan fingerprint density at radius 2 is 2.17 bits per heavy atom. The molecule has 136 valence electrons. The van der Waals surface area contributed by atoms with E-state index in [1.54, 1.807) is 13.3 Å². The summed E-state index contributed by atoms with van der Waals surface area (Å²) in [6.07, 6.45) is 4.39. The van der Waals surface area contributed by atoms with Gasteiger partial charge in [-0.25, -0.2) is 4.98 Å². The van der Waals surface area contributed by atoms with Crippen molar-refractivity contribution in [2.24, 2.45) is 0 Å². The standard InChI is InChI=1S/C10H10N2O.C5H8NO3S.Fm/c1-7-3-4-8-6-11-10(13-2)12-9(8)5-7;1-9-5(8)2-4(10)6-3-7;/h3-6H,1-2H3;2,4,8,10H,1H3,(H,6,7);/q;-1;/b;5-2-;. The second-order valence-electron chi connectivity index (χ2n) is 4.32. The maximum Gasteiger partial charge on any atom is 0.316 e. The molecule has 1 aromatic carbocycles. The fraction of sp³-hybridized carbons (Fsp3) is 0.267. The Labute approximate surface area is 139 Å². The number of fused-ring (bicyclic) bond motifs is 1. The molecule has 2 rings (SSSR count). The van der Waals surface area contributed by atoms with Crippen LogP contribution in [0.2, 0.25) is 0 Å². The normalized spacial score (nSPS) is 11.4. The van der Waals surface area contributed by atoms with E-state index in [0.717, 1.165) is 10.9 Å². The summed E-state index contributed by atoms with van der Waals surface area (Å²) in [4.78, 5) is 17.9. The van der Waals surface area contributed by atoms with Crippen molar-refractivity contribution in [3.63, 3.8) is 0 Å². The van der Waals surface area contributed by atoms with Crippen LogP contribution in [-0.4, -0.2) is 41.1 Å². The molecule has 1 unspecified atom stereocenters. The summed E-state index contributed by atoms with van der Waals surface area (Å²) >= 11 is 3.81. The zero-order chi connectivity index (χ0) is 17.2. The van der Waals surface area contributed by atoms with Gasteiger partial charge in [-0.1, -0.05) is 12.1 Å². The number of aryl methyl sites for hydroxylation is 1. The van der Waals surface area contributed by atoms with Gasteiger partial charge in [0, 0.05) is 17.7 Å². The Morgan fingerprint density at radius 3 is 2.75 bits per heavy atom. The monoisotopic (exact) mass is 593 g/mol. The third-order valence-electron chi connectivity index (χ3n) is 2.62. The molecule has 0 aliphatic carbocycles. The van der Waals surface area contributed by atoms with Crippen LogP contribution in [0.1, 0.15) is 5.56 Å². The zero-order valence-electron chi connectivity index (χ0n) is 13.3. The van der Waals surface area contributed by atoms with Crippen LogP contribution in [0.4, 0.5) is 0 Å². The molecule has 9 heteroatoms. The molecule has 0 aliphatic rings. The minimum absolute atomic E-state index is 0. The molecule has 0 saturated heterocycles. The molecule has 0 radical (unpaired) electrons. The molecule has 1 aromatic heterocycles. The summed E-state index contributed by atoms with van der Waals surface area (Å²) in [5, 5.41) is 11.3. The Kier molecular flexibility index (Phi) is 8.79. The van der Waals surface area contributed by atoms with E-state index in [9.17, 15) is 4.79 Å². The number of hydrogen-bond acceptors (Lipinski definition) is 7. The average molecular weight is 593 g/mol. The molecule has 0 saturated carbocycles. The van der Waals surface area contributed by atoms with Crippen LogP contribution in [0.5, 0.6) is 6.01 Å². The minimum atomic E-state index is -0.572. The quantitative estimate of drug-likeness (QED) is 0.161. The van der Waals surface area contributed by atoms with Crippen molar-refractivity contribution in [1.29, 1.82) is 0 Å². The van der Waals surface area contributed by atoms with E-state index in [4.69, 9.17) is 9.84 Å². The summed E-state index contributed by atoms with van der Waals surface area (Å²) in [5.41, 5.74) is 2.11. The SMILES string of the molecule is CO/C(O)=C\C(S)N[C-]=O.COc1ncc2ccc(C)cc2n1.[Fm]. The van der Waals surface area contributed by atoms with Gasteiger partial charge in [-0.05, 0) is 18.6 Å². The van der Waals surface area contributed by atoms with Crippen molar-refractivity contribution in [2.45, 2.75) is 12.3 Å². The predicted molar refractivity (Wildman–Crippen MR) is 90.2 cm³/mol. The van der Waals surface area contributed by atoms with Crippen LogP contribution in [0.3, 0.4) is 0 Å². The third kappa shape index (κ3) is 6.52. The number of thiol groups is 1. The molecule has 7 nitrogen and oxygen atoms in total. The molecule has 0 bridgehead atoms. The average Bonchev–Trinajstić information content (AvgIpc) is 2.54. The zero-order valence-corrected chi connectivity index (χ0v) is 16.6. The fourth-order valence-corrected chi connectivity index (χ4v) is 1.70. The summed E-state index contributed by atoms with van der Waals surface area (Å²) in [5.74, 6) is -0.289. The number of methoxy groups -OCH3 is 2. The van der Waals surface area contributed by atoms with E-state index < -0.39 is 5.37 Å². The first-order chi connectivity index (χ1) is 11.0. The molecule has 0 fully saturated rings. The van der Waals surface area contributed by atoms with Crippen molar-refractivity contribution >= 4 is 29.9 Å². The Hall–Kier alpha value is -3.48. The minimum Gasteiger partial charge on any atom is -0.520 e. The second kappa shape index (κ2) is 10.3. The van der Waals surface area contributed by atoms with Crippen LogP contribution in [0.15, 0.2) is 36.4 Å². The van der Waals surface area contributed by atoms with E-state index in [1.807, 2.05) is 25.1 Å². The topological polar surface area (TPSA) is 93.6 Å². The Bertz CT molecular complexity index is 685. The van der Waals surface area contributed by atoms with E-state index in [0.29, 0.717) is 6.01 Å². The van der Waals surface area contributed by atoms with E-state index in [2.05, 4.69) is 32.7 Å². The number of ether oxygens (including phenoxy) is 2. The van der Waals surface area contributed by atoms with Gasteiger partial charge in [-0.15, -0.1) is 0 Å². The van der Waals surface area contributed by atoms with Crippen LogP contribution in [-0.2, 0) is 9.53 Å².